The Balaban J connectivity index is 2.07. The highest BCUT2D eigenvalue weighted by molar-refractivity contribution is 5.97. The fourth-order valence-electron chi connectivity index (χ4n) is 2.40. The first kappa shape index (κ1) is 15.1. The monoisotopic (exact) mass is 283 g/mol. The highest BCUT2D eigenvalue weighted by Crippen LogP contribution is 2.16. The van der Waals surface area contributed by atoms with Crippen LogP contribution in [0.2, 0.25) is 0 Å². The van der Waals surface area contributed by atoms with Gasteiger partial charge in [0.25, 0.3) is 5.91 Å². The molecular formula is C17H21N3O. The van der Waals surface area contributed by atoms with Gasteiger partial charge >= 0.3 is 0 Å². The van der Waals surface area contributed by atoms with Gasteiger partial charge in [-0.25, -0.2) is 0 Å². The number of nitriles is 1. The van der Waals surface area contributed by atoms with Crippen molar-refractivity contribution in [2.24, 2.45) is 0 Å². The molecule has 4 heteroatoms. The Hall–Kier alpha value is -2.28. The van der Waals surface area contributed by atoms with Gasteiger partial charge in [-0.05, 0) is 56.4 Å². The van der Waals surface area contributed by atoms with E-state index in [1.54, 1.807) is 4.90 Å². The van der Waals surface area contributed by atoms with Crippen molar-refractivity contribution < 1.29 is 4.79 Å². The minimum absolute atomic E-state index is 0.162. The van der Waals surface area contributed by atoms with Crippen molar-refractivity contribution in [2.45, 2.75) is 33.1 Å². The van der Waals surface area contributed by atoms with Gasteiger partial charge < -0.3 is 10.2 Å². The van der Waals surface area contributed by atoms with Crippen molar-refractivity contribution in [1.82, 2.24) is 4.90 Å². The van der Waals surface area contributed by atoms with Gasteiger partial charge in [0.15, 0.2) is 0 Å². The van der Waals surface area contributed by atoms with Crippen LogP contribution in [0.25, 0.3) is 0 Å². The molecule has 0 bridgehead atoms. The van der Waals surface area contributed by atoms with Crippen LogP contribution in [0.1, 0.15) is 30.4 Å². The first-order valence-electron chi connectivity index (χ1n) is 7.35. The highest BCUT2D eigenvalue weighted by Gasteiger charge is 2.20. The predicted octanol–water partition coefficient (Wildman–Crippen LogP) is 3.14. The molecule has 0 aliphatic carbocycles. The van der Waals surface area contributed by atoms with Crippen molar-refractivity contribution in [3.05, 3.63) is 41.1 Å². The van der Waals surface area contributed by atoms with Crippen LogP contribution in [0, 0.1) is 25.2 Å². The molecule has 0 spiro atoms. The van der Waals surface area contributed by atoms with Gasteiger partial charge in [0.1, 0.15) is 11.6 Å². The molecule has 1 N–H and O–H groups in total. The molecule has 0 radical (unpaired) electrons. The fraction of sp³-hybridized carbons (Fsp3) is 0.412. The molecule has 1 amide bonds. The lowest BCUT2D eigenvalue weighted by atomic mass is 10.1. The normalized spacial score (nSPS) is 15.5. The summed E-state index contributed by atoms with van der Waals surface area (Å²) in [6.07, 6.45) is 4.72. The first-order valence-corrected chi connectivity index (χ1v) is 7.35. The second-order valence-electron chi connectivity index (χ2n) is 5.47. The molecule has 4 nitrogen and oxygen atoms in total. The summed E-state index contributed by atoms with van der Waals surface area (Å²) in [5, 5.41) is 12.2. The maximum absolute atomic E-state index is 12.3. The van der Waals surface area contributed by atoms with Crippen LogP contribution in [-0.4, -0.2) is 23.9 Å². The molecule has 1 heterocycles. The molecule has 2 rings (SSSR count). The van der Waals surface area contributed by atoms with Crippen molar-refractivity contribution in [1.29, 1.82) is 5.26 Å². The summed E-state index contributed by atoms with van der Waals surface area (Å²) in [4.78, 5) is 14.0. The van der Waals surface area contributed by atoms with E-state index in [0.717, 1.165) is 38.0 Å². The molecule has 1 aliphatic rings. The second kappa shape index (κ2) is 6.94. The summed E-state index contributed by atoms with van der Waals surface area (Å²) in [6.45, 7) is 5.59. The van der Waals surface area contributed by atoms with Crippen LogP contribution < -0.4 is 5.32 Å². The third-order valence-corrected chi connectivity index (χ3v) is 3.88. The summed E-state index contributed by atoms with van der Waals surface area (Å²) < 4.78 is 0. The molecular weight excluding hydrogens is 262 g/mol. The molecule has 0 aromatic heterocycles. The Morgan fingerprint density at radius 3 is 2.57 bits per heavy atom. The van der Waals surface area contributed by atoms with E-state index < -0.39 is 0 Å². The van der Waals surface area contributed by atoms with Crippen molar-refractivity contribution in [3.63, 3.8) is 0 Å². The lowest BCUT2D eigenvalue weighted by molar-refractivity contribution is -0.127. The summed E-state index contributed by atoms with van der Waals surface area (Å²) in [7, 11) is 0. The number of nitrogens with zero attached hydrogens (tertiary/aromatic N) is 2. The number of carbonyl (C=O) groups is 1. The van der Waals surface area contributed by atoms with Gasteiger partial charge in [-0.1, -0.05) is 6.07 Å². The number of rotatable bonds is 3. The third-order valence-electron chi connectivity index (χ3n) is 3.88. The number of carbonyl (C=O) groups excluding carboxylic acids is 1. The topological polar surface area (TPSA) is 56.1 Å². The van der Waals surface area contributed by atoms with E-state index in [1.165, 1.54) is 17.3 Å². The smallest absolute Gasteiger partial charge is 0.266 e. The van der Waals surface area contributed by atoms with E-state index >= 15 is 0 Å². The highest BCUT2D eigenvalue weighted by atomic mass is 16.2. The minimum atomic E-state index is -0.173. The Kier molecular flexibility index (Phi) is 4.99. The molecule has 1 aromatic rings. The number of hydrogen-bond acceptors (Lipinski definition) is 3. The molecule has 1 fully saturated rings. The molecule has 1 aliphatic heterocycles. The average molecular weight is 283 g/mol. The minimum Gasteiger partial charge on any atom is -0.360 e. The van der Waals surface area contributed by atoms with E-state index in [-0.39, 0.29) is 11.5 Å². The largest absolute Gasteiger partial charge is 0.360 e. The number of piperidine rings is 1. The van der Waals surface area contributed by atoms with E-state index in [2.05, 4.69) is 12.2 Å². The predicted molar refractivity (Wildman–Crippen MR) is 83.7 cm³/mol. The molecule has 0 saturated carbocycles. The first-order chi connectivity index (χ1) is 10.1. The molecule has 0 atom stereocenters. The maximum Gasteiger partial charge on any atom is 0.266 e. The molecule has 110 valence electrons. The van der Waals surface area contributed by atoms with Gasteiger partial charge in [-0.15, -0.1) is 0 Å². The number of hydrogen-bond donors (Lipinski definition) is 1. The van der Waals surface area contributed by atoms with Gasteiger partial charge in [0, 0.05) is 25.0 Å². The Morgan fingerprint density at radius 2 is 1.95 bits per heavy atom. The number of likely N-dealkylation sites (tertiary alicyclic amines) is 1. The molecule has 1 aromatic carbocycles. The molecule has 1 saturated heterocycles. The van der Waals surface area contributed by atoms with Crippen molar-refractivity contribution in [3.8, 4) is 6.07 Å². The zero-order valence-corrected chi connectivity index (χ0v) is 12.6. The van der Waals surface area contributed by atoms with Crippen LogP contribution in [0.15, 0.2) is 30.0 Å². The zero-order valence-electron chi connectivity index (χ0n) is 12.6. The number of amides is 1. The molecule has 21 heavy (non-hydrogen) atoms. The summed E-state index contributed by atoms with van der Waals surface area (Å²) in [6, 6.07) is 7.97. The average Bonchev–Trinajstić information content (AvgIpc) is 2.52. The van der Waals surface area contributed by atoms with Crippen LogP contribution >= 0.6 is 0 Å². The van der Waals surface area contributed by atoms with E-state index in [9.17, 15) is 10.1 Å². The SMILES string of the molecule is Cc1ccc(N/C=C(/C#N)C(=O)N2CCCCC2)cc1C. The van der Waals surface area contributed by atoms with E-state index in [4.69, 9.17) is 0 Å². The van der Waals surface area contributed by atoms with Gasteiger partial charge in [-0.3, -0.25) is 4.79 Å². The van der Waals surface area contributed by atoms with E-state index in [0.29, 0.717) is 0 Å². The van der Waals surface area contributed by atoms with Crippen LogP contribution in [-0.2, 0) is 4.79 Å². The summed E-state index contributed by atoms with van der Waals surface area (Å²) in [5.41, 5.74) is 3.44. The lowest BCUT2D eigenvalue weighted by Gasteiger charge is -2.26. The quantitative estimate of drug-likeness (QED) is 0.685. The summed E-state index contributed by atoms with van der Waals surface area (Å²) >= 11 is 0. The van der Waals surface area contributed by atoms with Gasteiger partial charge in [0.2, 0.25) is 0 Å². The number of anilines is 1. The van der Waals surface area contributed by atoms with Crippen molar-refractivity contribution in [2.75, 3.05) is 18.4 Å². The van der Waals surface area contributed by atoms with Crippen LogP contribution in [0.4, 0.5) is 5.69 Å². The fourth-order valence-corrected chi connectivity index (χ4v) is 2.40. The Morgan fingerprint density at radius 1 is 1.24 bits per heavy atom. The Bertz CT molecular complexity index is 593. The third kappa shape index (κ3) is 3.85. The summed E-state index contributed by atoms with van der Waals surface area (Å²) in [5.74, 6) is -0.173. The van der Waals surface area contributed by atoms with Gasteiger partial charge in [0.05, 0.1) is 0 Å². The van der Waals surface area contributed by atoms with Crippen LogP contribution in [0.3, 0.4) is 0 Å². The van der Waals surface area contributed by atoms with Crippen molar-refractivity contribution >= 4 is 11.6 Å². The second-order valence-corrected chi connectivity index (χ2v) is 5.47. The van der Waals surface area contributed by atoms with Gasteiger partial charge in [-0.2, -0.15) is 5.26 Å². The zero-order chi connectivity index (χ0) is 15.2. The van der Waals surface area contributed by atoms with E-state index in [1.807, 2.05) is 31.2 Å². The molecule has 0 unspecified atom stereocenters. The number of nitrogens with one attached hydrogen (secondary N) is 1. The van der Waals surface area contributed by atoms with Crippen LogP contribution in [0.5, 0.6) is 0 Å². The number of aryl methyl sites for hydroxylation is 2. The number of benzene rings is 1. The maximum atomic E-state index is 12.3. The Labute approximate surface area is 126 Å². The lowest BCUT2D eigenvalue weighted by Crippen LogP contribution is -2.36. The standard InChI is InChI=1S/C17H21N3O/c1-13-6-7-16(10-14(13)2)19-12-15(11-18)17(21)20-8-4-3-5-9-20/h6-7,10,12,19H,3-5,8-9H2,1-2H3/b15-12-.